The van der Waals surface area contributed by atoms with Crippen LogP contribution in [0.2, 0.25) is 0 Å². The van der Waals surface area contributed by atoms with Crippen LogP contribution in [-0.4, -0.2) is 38.2 Å². The molecule has 3 rings (SSSR count). The fourth-order valence-corrected chi connectivity index (χ4v) is 3.41. The summed E-state index contributed by atoms with van der Waals surface area (Å²) in [6.07, 6.45) is 1.96. The number of carbonyl (C=O) groups is 3. The van der Waals surface area contributed by atoms with Crippen molar-refractivity contribution < 1.29 is 28.6 Å². The Morgan fingerprint density at radius 3 is 2.21 bits per heavy atom. The highest BCUT2D eigenvalue weighted by atomic mass is 16.6. The molecule has 0 fully saturated rings. The van der Waals surface area contributed by atoms with E-state index in [0.717, 1.165) is 39.3 Å². The number of benzene rings is 2. The molecule has 0 atom stereocenters. The first-order valence-electron chi connectivity index (χ1n) is 10.9. The van der Waals surface area contributed by atoms with Crippen LogP contribution < -0.4 is 10.1 Å². The summed E-state index contributed by atoms with van der Waals surface area (Å²) in [6, 6.07) is 12.0. The van der Waals surface area contributed by atoms with Crippen LogP contribution in [0.4, 0.5) is 5.69 Å². The molecule has 0 saturated carbocycles. The number of anilines is 1. The van der Waals surface area contributed by atoms with Crippen LogP contribution in [0.3, 0.4) is 0 Å². The minimum Gasteiger partial charge on any atom is -0.496 e. The van der Waals surface area contributed by atoms with Crippen molar-refractivity contribution in [1.82, 2.24) is 0 Å². The number of rotatable bonds is 5. The molecule has 0 aliphatic carbocycles. The molecule has 1 aliphatic rings. The Bertz CT molecular complexity index is 1040. The predicted octanol–water partition coefficient (Wildman–Crippen LogP) is 4.73. The summed E-state index contributed by atoms with van der Waals surface area (Å²) in [5.74, 6) is -0.658. The van der Waals surface area contributed by atoms with Gasteiger partial charge in [0.15, 0.2) is 0 Å². The van der Waals surface area contributed by atoms with Crippen molar-refractivity contribution in [2.24, 2.45) is 0 Å². The molecule has 0 radical (unpaired) electrons. The number of esters is 2. The summed E-state index contributed by atoms with van der Waals surface area (Å²) in [4.78, 5) is 33.2. The van der Waals surface area contributed by atoms with Crippen molar-refractivity contribution in [3.63, 3.8) is 0 Å². The van der Waals surface area contributed by atoms with Gasteiger partial charge in [-0.2, -0.15) is 0 Å². The SMILES string of the molecule is CCOC(=O)C(=O)OCC.COc1ccc(C=C2C(=O)Nc3cccc(C)c32)cc1C(C)C. The van der Waals surface area contributed by atoms with Gasteiger partial charge in [0.25, 0.3) is 5.91 Å². The maximum atomic E-state index is 12.3. The van der Waals surface area contributed by atoms with E-state index < -0.39 is 11.9 Å². The lowest BCUT2D eigenvalue weighted by molar-refractivity contribution is -0.167. The standard InChI is InChI=1S/C20H21NO2.C6H10O4/c1-12(2)15-10-14(8-9-18(15)23-4)11-16-19-13(3)6-5-7-17(19)21-20(16)22;1-3-9-5(7)6(8)10-4-2/h5-12H,1-4H3,(H,21,22);3-4H2,1-2H3. The van der Waals surface area contributed by atoms with Gasteiger partial charge >= 0.3 is 11.9 Å². The average Bonchev–Trinajstić information content (AvgIpc) is 3.10. The van der Waals surface area contributed by atoms with E-state index in [9.17, 15) is 14.4 Å². The van der Waals surface area contributed by atoms with Crippen molar-refractivity contribution in [3.05, 3.63) is 58.7 Å². The van der Waals surface area contributed by atoms with Crippen LogP contribution in [0.5, 0.6) is 5.75 Å². The van der Waals surface area contributed by atoms with Gasteiger partial charge < -0.3 is 19.5 Å². The maximum absolute atomic E-state index is 12.3. The van der Waals surface area contributed by atoms with Crippen molar-refractivity contribution in [2.75, 3.05) is 25.6 Å². The lowest BCUT2D eigenvalue weighted by Crippen LogP contribution is -2.19. The third kappa shape index (κ3) is 6.44. The molecule has 2 aromatic rings. The number of fused-ring (bicyclic) bond motifs is 1. The zero-order valence-electron chi connectivity index (χ0n) is 20.0. The summed E-state index contributed by atoms with van der Waals surface area (Å²) < 4.78 is 14.1. The zero-order valence-corrected chi connectivity index (χ0v) is 20.0. The molecule has 7 nitrogen and oxygen atoms in total. The molecule has 176 valence electrons. The molecular weight excluding hydrogens is 422 g/mol. The highest BCUT2D eigenvalue weighted by Gasteiger charge is 2.25. The summed E-state index contributed by atoms with van der Waals surface area (Å²) in [6.45, 7) is 9.93. The lowest BCUT2D eigenvalue weighted by Gasteiger charge is -2.12. The minimum atomic E-state index is -0.927. The van der Waals surface area contributed by atoms with Gasteiger partial charge in [-0.15, -0.1) is 0 Å². The monoisotopic (exact) mass is 453 g/mol. The smallest absolute Gasteiger partial charge is 0.417 e. The number of hydrogen-bond acceptors (Lipinski definition) is 6. The Hall–Kier alpha value is -3.61. The van der Waals surface area contributed by atoms with Crippen molar-refractivity contribution in [1.29, 1.82) is 0 Å². The minimum absolute atomic E-state index is 0.0452. The molecule has 1 aliphatic heterocycles. The summed E-state index contributed by atoms with van der Waals surface area (Å²) in [7, 11) is 1.68. The molecule has 0 bridgehead atoms. The van der Waals surface area contributed by atoms with E-state index in [1.807, 2.05) is 43.3 Å². The number of ether oxygens (including phenoxy) is 3. The van der Waals surface area contributed by atoms with Crippen LogP contribution in [0.15, 0.2) is 36.4 Å². The molecule has 0 spiro atoms. The Morgan fingerprint density at radius 1 is 1.03 bits per heavy atom. The van der Waals surface area contributed by atoms with Crippen molar-refractivity contribution in [3.8, 4) is 5.75 Å². The predicted molar refractivity (Wildman–Crippen MR) is 128 cm³/mol. The molecule has 1 amide bonds. The van der Waals surface area contributed by atoms with Crippen LogP contribution in [0.25, 0.3) is 11.6 Å². The Balaban J connectivity index is 0.000000328. The highest BCUT2D eigenvalue weighted by Crippen LogP contribution is 2.36. The normalized spacial score (nSPS) is 13.1. The first-order chi connectivity index (χ1) is 15.7. The average molecular weight is 454 g/mol. The number of aryl methyl sites for hydroxylation is 1. The first-order valence-corrected chi connectivity index (χ1v) is 10.9. The fourth-order valence-electron chi connectivity index (χ4n) is 3.41. The van der Waals surface area contributed by atoms with E-state index in [1.165, 1.54) is 0 Å². The van der Waals surface area contributed by atoms with Gasteiger partial charge in [-0.1, -0.05) is 32.0 Å². The van der Waals surface area contributed by atoms with Crippen LogP contribution in [0.1, 0.15) is 55.9 Å². The number of carbonyl (C=O) groups excluding carboxylic acids is 3. The zero-order chi connectivity index (χ0) is 24.5. The van der Waals surface area contributed by atoms with Crippen LogP contribution in [-0.2, 0) is 23.9 Å². The number of nitrogens with one attached hydrogen (secondary N) is 1. The van der Waals surface area contributed by atoms with Crippen molar-refractivity contribution in [2.45, 2.75) is 40.5 Å². The number of methoxy groups -OCH3 is 1. The Kier molecular flexibility index (Phi) is 9.21. The molecule has 33 heavy (non-hydrogen) atoms. The van der Waals surface area contributed by atoms with Gasteiger partial charge in [0.2, 0.25) is 0 Å². The summed E-state index contributed by atoms with van der Waals surface area (Å²) >= 11 is 0. The second-order valence-electron chi connectivity index (χ2n) is 7.61. The third-order valence-corrected chi connectivity index (χ3v) is 4.94. The number of hydrogen-bond donors (Lipinski definition) is 1. The van der Waals surface area contributed by atoms with E-state index in [-0.39, 0.29) is 19.1 Å². The van der Waals surface area contributed by atoms with Gasteiger partial charge in [0.1, 0.15) is 5.75 Å². The van der Waals surface area contributed by atoms with Gasteiger partial charge in [-0.25, -0.2) is 9.59 Å². The molecule has 0 aromatic heterocycles. The Morgan fingerprint density at radius 2 is 1.67 bits per heavy atom. The quantitative estimate of drug-likeness (QED) is 0.400. The number of amides is 1. The van der Waals surface area contributed by atoms with E-state index in [0.29, 0.717) is 5.92 Å². The van der Waals surface area contributed by atoms with Gasteiger partial charge in [0, 0.05) is 16.8 Å². The van der Waals surface area contributed by atoms with E-state index >= 15 is 0 Å². The highest BCUT2D eigenvalue weighted by molar-refractivity contribution is 6.35. The maximum Gasteiger partial charge on any atom is 0.417 e. The first kappa shape index (κ1) is 25.6. The lowest BCUT2D eigenvalue weighted by atomic mass is 9.96. The summed E-state index contributed by atoms with van der Waals surface area (Å²) in [5, 5.41) is 2.94. The van der Waals surface area contributed by atoms with E-state index in [2.05, 4.69) is 34.7 Å². The molecule has 0 unspecified atom stereocenters. The van der Waals surface area contributed by atoms with Gasteiger partial charge in [0.05, 0.1) is 20.3 Å². The second-order valence-corrected chi connectivity index (χ2v) is 7.61. The fraction of sp³-hybridized carbons (Fsp3) is 0.346. The molecular formula is C26H31NO6. The van der Waals surface area contributed by atoms with Crippen LogP contribution >= 0.6 is 0 Å². The van der Waals surface area contributed by atoms with E-state index in [1.54, 1.807) is 21.0 Å². The molecule has 1 heterocycles. The van der Waals surface area contributed by atoms with Gasteiger partial charge in [-0.3, -0.25) is 4.79 Å². The molecule has 7 heteroatoms. The molecule has 0 saturated heterocycles. The van der Waals surface area contributed by atoms with Crippen molar-refractivity contribution >= 4 is 35.2 Å². The Labute approximate surface area is 194 Å². The summed E-state index contributed by atoms with van der Waals surface area (Å²) in [5.41, 5.74) is 5.86. The van der Waals surface area contributed by atoms with E-state index in [4.69, 9.17) is 4.74 Å². The molecule has 2 aromatic carbocycles. The van der Waals surface area contributed by atoms with Gasteiger partial charge in [-0.05, 0) is 67.7 Å². The van der Waals surface area contributed by atoms with Crippen LogP contribution in [0, 0.1) is 6.92 Å². The third-order valence-electron chi connectivity index (χ3n) is 4.94. The molecule has 1 N–H and O–H groups in total. The topological polar surface area (TPSA) is 90.9 Å². The second kappa shape index (κ2) is 11.9. The largest absolute Gasteiger partial charge is 0.496 e.